The molecule has 2 heterocycles. The average molecular weight is 270 g/mol. The molecule has 0 aliphatic carbocycles. The van der Waals surface area contributed by atoms with E-state index in [0.717, 1.165) is 17.3 Å². The maximum atomic E-state index is 5.97. The standard InChI is InChI=1S/C12H16ClN3S/c1-3-16-8-9(7-15-16)6-10(14-2)11-4-5-12(13)17-11/h4-5,7-8,10,14H,3,6H2,1-2H3. The van der Waals surface area contributed by atoms with Crippen molar-refractivity contribution < 1.29 is 0 Å². The van der Waals surface area contributed by atoms with E-state index in [1.807, 2.05) is 24.0 Å². The predicted octanol–water partition coefficient (Wildman–Crippen LogP) is 3.12. The van der Waals surface area contributed by atoms with Gasteiger partial charge in [0.1, 0.15) is 0 Å². The van der Waals surface area contributed by atoms with Gasteiger partial charge in [0, 0.05) is 23.7 Å². The van der Waals surface area contributed by atoms with Crippen molar-refractivity contribution in [2.75, 3.05) is 7.05 Å². The van der Waals surface area contributed by atoms with Crippen LogP contribution in [0.2, 0.25) is 4.34 Å². The first-order valence-corrected chi connectivity index (χ1v) is 6.86. The van der Waals surface area contributed by atoms with Gasteiger partial charge in [-0.25, -0.2) is 0 Å². The normalized spacial score (nSPS) is 12.9. The van der Waals surface area contributed by atoms with Crippen molar-refractivity contribution in [2.45, 2.75) is 25.9 Å². The number of rotatable bonds is 5. The Labute approximate surface area is 110 Å². The molecule has 1 N–H and O–H groups in total. The highest BCUT2D eigenvalue weighted by molar-refractivity contribution is 7.16. The van der Waals surface area contributed by atoms with Gasteiger partial charge in [-0.2, -0.15) is 5.10 Å². The van der Waals surface area contributed by atoms with E-state index in [4.69, 9.17) is 11.6 Å². The Morgan fingerprint density at radius 3 is 2.88 bits per heavy atom. The molecule has 0 aliphatic rings. The summed E-state index contributed by atoms with van der Waals surface area (Å²) in [6.45, 7) is 3.00. The monoisotopic (exact) mass is 269 g/mol. The zero-order valence-corrected chi connectivity index (χ0v) is 11.6. The van der Waals surface area contributed by atoms with E-state index in [9.17, 15) is 0 Å². The van der Waals surface area contributed by atoms with Gasteiger partial charge in [0.25, 0.3) is 0 Å². The first kappa shape index (κ1) is 12.6. The molecule has 0 saturated heterocycles. The second-order valence-corrected chi connectivity index (χ2v) is 5.64. The van der Waals surface area contributed by atoms with Crippen LogP contribution in [0.4, 0.5) is 0 Å². The van der Waals surface area contributed by atoms with Crippen LogP contribution in [-0.4, -0.2) is 16.8 Å². The highest BCUT2D eigenvalue weighted by Gasteiger charge is 2.13. The molecule has 0 aliphatic heterocycles. The number of hydrogen-bond donors (Lipinski definition) is 1. The van der Waals surface area contributed by atoms with Gasteiger partial charge in [-0.15, -0.1) is 11.3 Å². The second-order valence-electron chi connectivity index (χ2n) is 3.89. The minimum Gasteiger partial charge on any atom is -0.312 e. The number of aromatic nitrogens is 2. The Morgan fingerprint density at radius 2 is 2.35 bits per heavy atom. The molecule has 0 saturated carbocycles. The molecule has 17 heavy (non-hydrogen) atoms. The number of likely N-dealkylation sites (N-methyl/N-ethyl adjacent to an activating group) is 1. The fourth-order valence-electron chi connectivity index (χ4n) is 1.78. The topological polar surface area (TPSA) is 29.9 Å². The first-order chi connectivity index (χ1) is 8.22. The van der Waals surface area contributed by atoms with Crippen LogP contribution in [0.25, 0.3) is 0 Å². The van der Waals surface area contributed by atoms with Crippen LogP contribution in [0.1, 0.15) is 23.4 Å². The molecule has 0 spiro atoms. The summed E-state index contributed by atoms with van der Waals surface area (Å²) in [5, 5.41) is 7.61. The van der Waals surface area contributed by atoms with Crippen LogP contribution < -0.4 is 5.32 Å². The summed E-state index contributed by atoms with van der Waals surface area (Å²) in [6, 6.07) is 4.33. The van der Waals surface area contributed by atoms with Gasteiger partial charge >= 0.3 is 0 Å². The van der Waals surface area contributed by atoms with Crippen molar-refractivity contribution in [3.63, 3.8) is 0 Å². The fourth-order valence-corrected chi connectivity index (χ4v) is 2.95. The summed E-state index contributed by atoms with van der Waals surface area (Å²) in [7, 11) is 1.97. The number of halogens is 1. The largest absolute Gasteiger partial charge is 0.312 e. The number of thiophene rings is 1. The minimum absolute atomic E-state index is 0.307. The number of nitrogens with zero attached hydrogens (tertiary/aromatic N) is 2. The van der Waals surface area contributed by atoms with E-state index in [0.29, 0.717) is 6.04 Å². The fraction of sp³-hybridized carbons (Fsp3) is 0.417. The van der Waals surface area contributed by atoms with Crippen molar-refractivity contribution in [3.05, 3.63) is 39.3 Å². The molecule has 2 aromatic rings. The third kappa shape index (κ3) is 3.09. The van der Waals surface area contributed by atoms with E-state index >= 15 is 0 Å². The zero-order valence-electron chi connectivity index (χ0n) is 9.98. The second kappa shape index (κ2) is 5.67. The summed E-state index contributed by atoms with van der Waals surface area (Å²) in [5.74, 6) is 0. The zero-order chi connectivity index (χ0) is 12.3. The molecular formula is C12H16ClN3S. The van der Waals surface area contributed by atoms with Gasteiger partial charge in [0.05, 0.1) is 10.5 Å². The molecule has 0 aromatic carbocycles. The highest BCUT2D eigenvalue weighted by Crippen LogP contribution is 2.28. The van der Waals surface area contributed by atoms with E-state index in [1.165, 1.54) is 10.4 Å². The molecule has 0 radical (unpaired) electrons. The Morgan fingerprint density at radius 1 is 1.53 bits per heavy atom. The lowest BCUT2D eigenvalue weighted by Crippen LogP contribution is -2.17. The average Bonchev–Trinajstić information content (AvgIpc) is 2.94. The van der Waals surface area contributed by atoms with Crippen LogP contribution in [0.3, 0.4) is 0 Å². The maximum absolute atomic E-state index is 5.97. The lowest BCUT2D eigenvalue weighted by atomic mass is 10.1. The summed E-state index contributed by atoms with van der Waals surface area (Å²) in [4.78, 5) is 1.27. The lowest BCUT2D eigenvalue weighted by Gasteiger charge is -2.12. The van der Waals surface area contributed by atoms with E-state index < -0.39 is 0 Å². The van der Waals surface area contributed by atoms with Crippen LogP contribution in [0.15, 0.2) is 24.5 Å². The SMILES string of the molecule is CCn1cc(CC(NC)c2ccc(Cl)s2)cn1. The molecule has 3 nitrogen and oxygen atoms in total. The van der Waals surface area contributed by atoms with E-state index in [2.05, 4.69) is 29.6 Å². The van der Waals surface area contributed by atoms with Crippen molar-refractivity contribution in [1.82, 2.24) is 15.1 Å². The lowest BCUT2D eigenvalue weighted by molar-refractivity contribution is 0.600. The summed E-state index contributed by atoms with van der Waals surface area (Å²) < 4.78 is 2.79. The molecular weight excluding hydrogens is 254 g/mol. The Hall–Kier alpha value is -0.840. The molecule has 1 atom stereocenters. The third-order valence-corrected chi connectivity index (χ3v) is 4.08. The Bertz CT molecular complexity index is 478. The minimum atomic E-state index is 0.307. The molecule has 5 heteroatoms. The van der Waals surface area contributed by atoms with Gasteiger partial charge in [0.2, 0.25) is 0 Å². The molecule has 0 amide bonds. The smallest absolute Gasteiger partial charge is 0.0931 e. The van der Waals surface area contributed by atoms with Crippen molar-refractivity contribution >= 4 is 22.9 Å². The number of aryl methyl sites for hydroxylation is 1. The van der Waals surface area contributed by atoms with Crippen LogP contribution in [0.5, 0.6) is 0 Å². The number of hydrogen-bond acceptors (Lipinski definition) is 3. The molecule has 2 rings (SSSR count). The predicted molar refractivity (Wildman–Crippen MR) is 72.7 cm³/mol. The number of nitrogens with one attached hydrogen (secondary N) is 1. The van der Waals surface area contributed by atoms with Crippen molar-refractivity contribution in [3.8, 4) is 0 Å². The quantitative estimate of drug-likeness (QED) is 0.904. The first-order valence-electron chi connectivity index (χ1n) is 5.66. The summed E-state index contributed by atoms with van der Waals surface area (Å²) in [6.07, 6.45) is 4.97. The summed E-state index contributed by atoms with van der Waals surface area (Å²) in [5.41, 5.74) is 1.25. The van der Waals surface area contributed by atoms with E-state index in [-0.39, 0.29) is 0 Å². The van der Waals surface area contributed by atoms with Gasteiger partial charge < -0.3 is 5.32 Å². The van der Waals surface area contributed by atoms with Gasteiger partial charge in [0.15, 0.2) is 0 Å². The summed E-state index contributed by atoms with van der Waals surface area (Å²) >= 11 is 7.59. The Kier molecular flexibility index (Phi) is 4.20. The van der Waals surface area contributed by atoms with Crippen LogP contribution >= 0.6 is 22.9 Å². The molecule has 92 valence electrons. The maximum Gasteiger partial charge on any atom is 0.0931 e. The molecule has 2 aromatic heterocycles. The van der Waals surface area contributed by atoms with Crippen LogP contribution in [-0.2, 0) is 13.0 Å². The Balaban J connectivity index is 2.09. The highest BCUT2D eigenvalue weighted by atomic mass is 35.5. The molecule has 1 unspecified atom stereocenters. The van der Waals surface area contributed by atoms with Gasteiger partial charge in [-0.1, -0.05) is 11.6 Å². The van der Waals surface area contributed by atoms with Gasteiger partial charge in [-0.3, -0.25) is 4.68 Å². The van der Waals surface area contributed by atoms with Crippen LogP contribution in [0, 0.1) is 0 Å². The third-order valence-electron chi connectivity index (χ3n) is 2.74. The van der Waals surface area contributed by atoms with E-state index in [1.54, 1.807) is 11.3 Å². The van der Waals surface area contributed by atoms with Gasteiger partial charge in [-0.05, 0) is 38.1 Å². The van der Waals surface area contributed by atoms with Crippen molar-refractivity contribution in [1.29, 1.82) is 0 Å². The van der Waals surface area contributed by atoms with Crippen molar-refractivity contribution in [2.24, 2.45) is 0 Å². The molecule has 0 bridgehead atoms. The molecule has 0 fully saturated rings.